The highest BCUT2D eigenvalue weighted by Gasteiger charge is 2.44. The first-order valence-corrected chi connectivity index (χ1v) is 8.17. The van der Waals surface area contributed by atoms with Gasteiger partial charge >= 0.3 is 0 Å². The van der Waals surface area contributed by atoms with Gasteiger partial charge in [-0.15, -0.1) is 0 Å². The van der Waals surface area contributed by atoms with Gasteiger partial charge in [0.15, 0.2) is 0 Å². The van der Waals surface area contributed by atoms with Gasteiger partial charge in [-0.25, -0.2) is 4.98 Å². The number of benzene rings is 1. The summed E-state index contributed by atoms with van der Waals surface area (Å²) in [6.45, 7) is 8.77. The zero-order chi connectivity index (χ0) is 16.9. The van der Waals surface area contributed by atoms with Crippen LogP contribution < -0.4 is 0 Å². The van der Waals surface area contributed by atoms with Crippen molar-refractivity contribution >= 4 is 16.7 Å². The number of hydrogen-bond donors (Lipinski definition) is 0. The number of aromatic nitrogens is 3. The van der Waals surface area contributed by atoms with E-state index in [1.807, 2.05) is 48.9 Å². The molecule has 0 atom stereocenters. The Morgan fingerprint density at radius 2 is 1.62 bits per heavy atom. The standard InChI is InChI=1S/C20H20N4/c1-19(2)14-11-21-10-9-13(14)18(24-20(19,3)4)17-12-22-15-7-5-6-8-16(15)23-17/h5-12H,1-4H3. The van der Waals surface area contributed by atoms with E-state index in [1.165, 1.54) is 5.56 Å². The Hall–Kier alpha value is -2.62. The fraction of sp³-hybridized carbons (Fsp3) is 0.300. The van der Waals surface area contributed by atoms with Crippen molar-refractivity contribution in [3.05, 3.63) is 65.7 Å². The van der Waals surface area contributed by atoms with Gasteiger partial charge in [0.05, 0.1) is 28.5 Å². The molecule has 4 nitrogen and oxygen atoms in total. The summed E-state index contributed by atoms with van der Waals surface area (Å²) in [6, 6.07) is 9.94. The lowest BCUT2D eigenvalue weighted by atomic mass is 9.66. The molecule has 2 aromatic heterocycles. The van der Waals surface area contributed by atoms with Crippen LogP contribution in [0.1, 0.15) is 44.5 Å². The third-order valence-electron chi connectivity index (χ3n) is 5.36. The third-order valence-corrected chi connectivity index (χ3v) is 5.36. The summed E-state index contributed by atoms with van der Waals surface area (Å²) in [7, 11) is 0. The maximum atomic E-state index is 5.07. The third kappa shape index (κ3) is 2.06. The first kappa shape index (κ1) is 14.9. The summed E-state index contributed by atoms with van der Waals surface area (Å²) >= 11 is 0. The van der Waals surface area contributed by atoms with Gasteiger partial charge in [0.1, 0.15) is 5.69 Å². The Bertz CT molecular complexity index is 970. The summed E-state index contributed by atoms with van der Waals surface area (Å²) in [6.07, 6.45) is 5.59. The molecule has 1 aliphatic rings. The Labute approximate surface area is 141 Å². The second-order valence-corrected chi connectivity index (χ2v) is 7.31. The first-order valence-electron chi connectivity index (χ1n) is 8.17. The van der Waals surface area contributed by atoms with Crippen LogP contribution in [0, 0.1) is 0 Å². The lowest BCUT2D eigenvalue weighted by molar-refractivity contribution is 0.303. The second-order valence-electron chi connectivity index (χ2n) is 7.31. The normalized spacial score (nSPS) is 18.1. The topological polar surface area (TPSA) is 51.0 Å². The highest BCUT2D eigenvalue weighted by Crippen LogP contribution is 2.43. The number of fused-ring (bicyclic) bond motifs is 2. The van der Waals surface area contributed by atoms with Crippen molar-refractivity contribution in [3.63, 3.8) is 0 Å². The van der Waals surface area contributed by atoms with Crippen molar-refractivity contribution in [2.75, 3.05) is 0 Å². The van der Waals surface area contributed by atoms with Crippen molar-refractivity contribution in [1.82, 2.24) is 15.0 Å². The molecule has 0 N–H and O–H groups in total. The Morgan fingerprint density at radius 3 is 2.42 bits per heavy atom. The van der Waals surface area contributed by atoms with E-state index < -0.39 is 0 Å². The van der Waals surface area contributed by atoms with E-state index in [0.717, 1.165) is 28.0 Å². The van der Waals surface area contributed by atoms with Crippen LogP contribution in [0.15, 0.2) is 53.9 Å². The molecule has 0 aliphatic carbocycles. The molecule has 0 radical (unpaired) electrons. The first-order chi connectivity index (χ1) is 11.4. The summed E-state index contributed by atoms with van der Waals surface area (Å²) in [5.41, 5.74) is 5.42. The largest absolute Gasteiger partial charge is 0.275 e. The Balaban J connectivity index is 1.98. The smallest absolute Gasteiger partial charge is 0.108 e. The van der Waals surface area contributed by atoms with Crippen molar-refractivity contribution in [2.45, 2.75) is 38.6 Å². The zero-order valence-corrected chi connectivity index (χ0v) is 14.4. The molecule has 4 heteroatoms. The van der Waals surface area contributed by atoms with Crippen LogP contribution in [0.3, 0.4) is 0 Å². The highest BCUT2D eigenvalue weighted by molar-refractivity contribution is 6.14. The Kier molecular flexibility index (Phi) is 3.07. The van der Waals surface area contributed by atoms with Crippen LogP contribution >= 0.6 is 0 Å². The quantitative estimate of drug-likeness (QED) is 0.683. The van der Waals surface area contributed by atoms with Gasteiger partial charge < -0.3 is 0 Å². The van der Waals surface area contributed by atoms with Gasteiger partial charge in [-0.05, 0) is 37.6 Å². The van der Waals surface area contributed by atoms with Gasteiger partial charge in [-0.3, -0.25) is 15.0 Å². The molecule has 0 fully saturated rings. The van der Waals surface area contributed by atoms with Crippen LogP contribution in [-0.2, 0) is 5.41 Å². The molecule has 0 amide bonds. The fourth-order valence-electron chi connectivity index (χ4n) is 3.17. The predicted molar refractivity (Wildman–Crippen MR) is 96.5 cm³/mol. The number of pyridine rings is 1. The summed E-state index contributed by atoms with van der Waals surface area (Å²) in [5.74, 6) is 0. The van der Waals surface area contributed by atoms with E-state index in [-0.39, 0.29) is 11.0 Å². The summed E-state index contributed by atoms with van der Waals surface area (Å²) < 4.78 is 0. The number of aliphatic imine (C=N–C) groups is 1. The van der Waals surface area contributed by atoms with E-state index in [2.05, 4.69) is 37.7 Å². The maximum absolute atomic E-state index is 5.07. The van der Waals surface area contributed by atoms with Gasteiger partial charge in [-0.2, -0.15) is 0 Å². The average Bonchev–Trinajstić information content (AvgIpc) is 2.58. The molecule has 3 aromatic rings. The monoisotopic (exact) mass is 316 g/mol. The fourth-order valence-corrected chi connectivity index (χ4v) is 3.17. The average molecular weight is 316 g/mol. The Morgan fingerprint density at radius 1 is 0.875 bits per heavy atom. The second kappa shape index (κ2) is 4.94. The molecule has 0 spiro atoms. The van der Waals surface area contributed by atoms with E-state index in [4.69, 9.17) is 9.98 Å². The molecule has 24 heavy (non-hydrogen) atoms. The molecule has 0 saturated heterocycles. The van der Waals surface area contributed by atoms with Crippen LogP contribution in [0.25, 0.3) is 11.0 Å². The van der Waals surface area contributed by atoms with E-state index in [0.29, 0.717) is 0 Å². The highest BCUT2D eigenvalue weighted by atomic mass is 14.9. The number of hydrogen-bond acceptors (Lipinski definition) is 4. The van der Waals surface area contributed by atoms with Gasteiger partial charge in [0.2, 0.25) is 0 Å². The van der Waals surface area contributed by atoms with Gasteiger partial charge in [-0.1, -0.05) is 26.0 Å². The molecule has 0 bridgehead atoms. The molecule has 0 saturated carbocycles. The van der Waals surface area contributed by atoms with Crippen LogP contribution in [0.2, 0.25) is 0 Å². The van der Waals surface area contributed by atoms with Crippen molar-refractivity contribution < 1.29 is 0 Å². The minimum atomic E-state index is -0.258. The lowest BCUT2D eigenvalue weighted by Crippen LogP contribution is -2.46. The summed E-state index contributed by atoms with van der Waals surface area (Å²) in [5, 5.41) is 0. The molecule has 3 heterocycles. The molecule has 4 rings (SSSR count). The van der Waals surface area contributed by atoms with Gasteiger partial charge in [0.25, 0.3) is 0 Å². The maximum Gasteiger partial charge on any atom is 0.108 e. The van der Waals surface area contributed by atoms with Crippen LogP contribution in [-0.4, -0.2) is 26.2 Å². The van der Waals surface area contributed by atoms with Crippen molar-refractivity contribution in [3.8, 4) is 0 Å². The van der Waals surface area contributed by atoms with Crippen molar-refractivity contribution in [2.24, 2.45) is 4.99 Å². The number of rotatable bonds is 1. The molecule has 120 valence electrons. The molecular formula is C20H20N4. The van der Waals surface area contributed by atoms with Crippen LogP contribution in [0.5, 0.6) is 0 Å². The molecule has 1 aromatic carbocycles. The zero-order valence-electron chi connectivity index (χ0n) is 14.4. The minimum Gasteiger partial charge on any atom is -0.275 e. The predicted octanol–water partition coefficient (Wildman–Crippen LogP) is 3.93. The molecule has 0 unspecified atom stereocenters. The molecular weight excluding hydrogens is 296 g/mol. The van der Waals surface area contributed by atoms with Gasteiger partial charge in [0, 0.05) is 23.4 Å². The van der Waals surface area contributed by atoms with E-state index in [1.54, 1.807) is 0 Å². The minimum absolute atomic E-state index is 0.107. The number of nitrogens with zero attached hydrogens (tertiary/aromatic N) is 4. The lowest BCUT2D eigenvalue weighted by Gasteiger charge is -2.43. The molecule has 1 aliphatic heterocycles. The van der Waals surface area contributed by atoms with E-state index >= 15 is 0 Å². The van der Waals surface area contributed by atoms with Crippen LogP contribution in [0.4, 0.5) is 0 Å². The summed E-state index contributed by atoms with van der Waals surface area (Å²) in [4.78, 5) is 18.8. The van der Waals surface area contributed by atoms with E-state index in [9.17, 15) is 0 Å². The SMILES string of the molecule is CC1(C)N=C(c2cnc3ccccc3n2)c2ccncc2C1(C)C. The van der Waals surface area contributed by atoms with Crippen molar-refractivity contribution in [1.29, 1.82) is 0 Å². The number of para-hydroxylation sites is 2.